The van der Waals surface area contributed by atoms with E-state index in [0.29, 0.717) is 31.2 Å². The number of aryl methyl sites for hydroxylation is 1. The van der Waals surface area contributed by atoms with Crippen molar-refractivity contribution >= 4 is 5.91 Å². The fourth-order valence-electron chi connectivity index (χ4n) is 2.69. The minimum Gasteiger partial charge on any atom is -0.472 e. The standard InChI is InChI=1S/C17H16F3N3O2/c1-11-21-7-5-15(22-11)25-14-6-8-23(10-14)16(24)12-3-2-4-13(9-12)17(18,19)20/h2-5,7,9,14H,6,8,10H2,1H3/t14-/m0/s1. The van der Waals surface area contributed by atoms with Gasteiger partial charge in [-0.05, 0) is 25.1 Å². The van der Waals surface area contributed by atoms with Crippen molar-refractivity contribution in [2.45, 2.75) is 25.6 Å². The zero-order valence-corrected chi connectivity index (χ0v) is 13.5. The highest BCUT2D eigenvalue weighted by atomic mass is 19.4. The molecule has 3 rings (SSSR count). The van der Waals surface area contributed by atoms with Gasteiger partial charge in [-0.2, -0.15) is 18.2 Å². The predicted octanol–water partition coefficient (Wildman–Crippen LogP) is 3.10. The van der Waals surface area contributed by atoms with Gasteiger partial charge in [-0.25, -0.2) is 4.98 Å². The smallest absolute Gasteiger partial charge is 0.416 e. The second kappa shape index (κ2) is 6.70. The molecule has 1 fully saturated rings. The first-order valence-corrected chi connectivity index (χ1v) is 7.76. The predicted molar refractivity (Wildman–Crippen MR) is 83.1 cm³/mol. The van der Waals surface area contributed by atoms with Crippen molar-refractivity contribution in [1.82, 2.24) is 14.9 Å². The van der Waals surface area contributed by atoms with Gasteiger partial charge in [0.1, 0.15) is 11.9 Å². The molecule has 5 nitrogen and oxygen atoms in total. The lowest BCUT2D eigenvalue weighted by Crippen LogP contribution is -2.31. The van der Waals surface area contributed by atoms with E-state index in [1.807, 2.05) is 0 Å². The molecule has 0 saturated carbocycles. The van der Waals surface area contributed by atoms with Gasteiger partial charge in [-0.15, -0.1) is 0 Å². The third-order valence-corrected chi connectivity index (χ3v) is 3.91. The monoisotopic (exact) mass is 351 g/mol. The van der Waals surface area contributed by atoms with Crippen LogP contribution in [-0.4, -0.2) is 40.0 Å². The number of likely N-dealkylation sites (tertiary alicyclic amines) is 1. The topological polar surface area (TPSA) is 55.3 Å². The summed E-state index contributed by atoms with van der Waals surface area (Å²) in [5, 5.41) is 0. The number of aromatic nitrogens is 2. The number of nitrogens with zero attached hydrogens (tertiary/aromatic N) is 3. The summed E-state index contributed by atoms with van der Waals surface area (Å²) in [6.45, 7) is 2.47. The number of amides is 1. The molecule has 0 radical (unpaired) electrons. The van der Waals surface area contributed by atoms with Crippen LogP contribution >= 0.6 is 0 Å². The molecule has 2 aromatic rings. The average Bonchev–Trinajstić information content (AvgIpc) is 3.02. The fraction of sp³-hybridized carbons (Fsp3) is 0.353. The van der Waals surface area contributed by atoms with E-state index in [0.717, 1.165) is 12.1 Å². The molecule has 1 amide bonds. The largest absolute Gasteiger partial charge is 0.472 e. The molecular formula is C17H16F3N3O2. The number of carbonyl (C=O) groups is 1. The van der Waals surface area contributed by atoms with Crippen molar-refractivity contribution in [3.8, 4) is 5.88 Å². The zero-order chi connectivity index (χ0) is 18.0. The second-order valence-electron chi connectivity index (χ2n) is 5.80. The van der Waals surface area contributed by atoms with E-state index in [4.69, 9.17) is 4.74 Å². The fourth-order valence-corrected chi connectivity index (χ4v) is 2.69. The molecule has 1 atom stereocenters. The van der Waals surface area contributed by atoms with Crippen molar-refractivity contribution in [2.75, 3.05) is 13.1 Å². The van der Waals surface area contributed by atoms with E-state index in [1.165, 1.54) is 17.0 Å². The highest BCUT2D eigenvalue weighted by Crippen LogP contribution is 2.30. The summed E-state index contributed by atoms with van der Waals surface area (Å²) < 4.78 is 44.1. The van der Waals surface area contributed by atoms with E-state index in [-0.39, 0.29) is 11.7 Å². The Kier molecular flexibility index (Phi) is 4.61. The highest BCUT2D eigenvalue weighted by Gasteiger charge is 2.33. The van der Waals surface area contributed by atoms with E-state index in [1.54, 1.807) is 19.2 Å². The molecule has 1 aliphatic heterocycles. The Morgan fingerprint density at radius 3 is 2.84 bits per heavy atom. The Balaban J connectivity index is 1.66. The summed E-state index contributed by atoms with van der Waals surface area (Å²) in [5.41, 5.74) is -0.810. The third-order valence-electron chi connectivity index (χ3n) is 3.91. The highest BCUT2D eigenvalue weighted by molar-refractivity contribution is 5.94. The van der Waals surface area contributed by atoms with Crippen LogP contribution in [0.25, 0.3) is 0 Å². The first-order chi connectivity index (χ1) is 11.8. The van der Waals surface area contributed by atoms with Gasteiger partial charge < -0.3 is 9.64 Å². The molecule has 8 heteroatoms. The molecule has 2 heterocycles. The number of rotatable bonds is 3. The van der Waals surface area contributed by atoms with Crippen LogP contribution in [0.5, 0.6) is 5.88 Å². The molecule has 0 aliphatic carbocycles. The summed E-state index contributed by atoms with van der Waals surface area (Å²) in [5.74, 6) is 0.564. The van der Waals surface area contributed by atoms with Crippen LogP contribution in [-0.2, 0) is 6.18 Å². The molecule has 1 aliphatic rings. The van der Waals surface area contributed by atoms with Gasteiger partial charge in [0, 0.05) is 30.8 Å². The van der Waals surface area contributed by atoms with Gasteiger partial charge >= 0.3 is 6.18 Å². The molecule has 0 N–H and O–H groups in total. The number of alkyl halides is 3. The lowest BCUT2D eigenvalue weighted by Gasteiger charge is -2.18. The van der Waals surface area contributed by atoms with Crippen molar-refractivity contribution in [2.24, 2.45) is 0 Å². The van der Waals surface area contributed by atoms with Crippen molar-refractivity contribution < 1.29 is 22.7 Å². The van der Waals surface area contributed by atoms with Crippen molar-refractivity contribution in [1.29, 1.82) is 0 Å². The second-order valence-corrected chi connectivity index (χ2v) is 5.80. The number of ether oxygens (including phenoxy) is 1. The maximum absolute atomic E-state index is 12.8. The summed E-state index contributed by atoms with van der Waals surface area (Å²) in [6.07, 6.45) is -2.55. The summed E-state index contributed by atoms with van der Waals surface area (Å²) in [6, 6.07) is 6.09. The Labute approximate surface area is 142 Å². The van der Waals surface area contributed by atoms with Crippen LogP contribution < -0.4 is 4.74 Å². The maximum atomic E-state index is 12.8. The number of halogens is 3. The normalized spacial score (nSPS) is 17.6. The van der Waals surface area contributed by atoms with Crippen molar-refractivity contribution in [3.05, 3.63) is 53.5 Å². The number of carbonyl (C=O) groups excluding carboxylic acids is 1. The molecule has 1 aromatic carbocycles. The zero-order valence-electron chi connectivity index (χ0n) is 13.5. The van der Waals surface area contributed by atoms with Crippen LogP contribution in [0.1, 0.15) is 28.2 Å². The van der Waals surface area contributed by atoms with Crippen LogP contribution in [0.15, 0.2) is 36.5 Å². The van der Waals surface area contributed by atoms with E-state index >= 15 is 0 Å². The van der Waals surface area contributed by atoms with Gasteiger partial charge in [-0.1, -0.05) is 6.07 Å². The SMILES string of the molecule is Cc1nccc(O[C@H]2CCN(C(=O)c3cccc(C(F)(F)F)c3)C2)n1. The maximum Gasteiger partial charge on any atom is 0.416 e. The molecule has 25 heavy (non-hydrogen) atoms. The third kappa shape index (κ3) is 4.07. The van der Waals surface area contributed by atoms with Crippen molar-refractivity contribution in [3.63, 3.8) is 0 Å². The first kappa shape index (κ1) is 17.2. The van der Waals surface area contributed by atoms with Crippen LogP contribution in [0.2, 0.25) is 0 Å². The van der Waals surface area contributed by atoms with E-state index < -0.39 is 17.6 Å². The molecular weight excluding hydrogens is 335 g/mol. The number of hydrogen-bond donors (Lipinski definition) is 0. The lowest BCUT2D eigenvalue weighted by molar-refractivity contribution is -0.137. The Bertz CT molecular complexity index is 780. The van der Waals surface area contributed by atoms with Crippen LogP contribution in [0.3, 0.4) is 0 Å². The molecule has 0 bridgehead atoms. The minimum atomic E-state index is -4.47. The minimum absolute atomic E-state index is 0.0216. The van der Waals surface area contributed by atoms with Gasteiger partial charge in [-0.3, -0.25) is 4.79 Å². The molecule has 0 unspecified atom stereocenters. The van der Waals surface area contributed by atoms with Gasteiger partial charge in [0.15, 0.2) is 0 Å². The van der Waals surface area contributed by atoms with Crippen LogP contribution in [0.4, 0.5) is 13.2 Å². The Morgan fingerprint density at radius 1 is 1.32 bits per heavy atom. The average molecular weight is 351 g/mol. The Hall–Kier alpha value is -2.64. The van der Waals surface area contributed by atoms with E-state index in [2.05, 4.69) is 9.97 Å². The van der Waals surface area contributed by atoms with Gasteiger partial charge in [0.05, 0.1) is 12.1 Å². The van der Waals surface area contributed by atoms with Crippen LogP contribution in [0, 0.1) is 6.92 Å². The number of benzene rings is 1. The van der Waals surface area contributed by atoms with Gasteiger partial charge in [0.25, 0.3) is 5.91 Å². The molecule has 1 saturated heterocycles. The lowest BCUT2D eigenvalue weighted by atomic mass is 10.1. The molecule has 0 spiro atoms. The quantitative estimate of drug-likeness (QED) is 0.853. The Morgan fingerprint density at radius 2 is 2.12 bits per heavy atom. The molecule has 132 valence electrons. The summed E-state index contributed by atoms with van der Waals surface area (Å²) >= 11 is 0. The summed E-state index contributed by atoms with van der Waals surface area (Å²) in [7, 11) is 0. The van der Waals surface area contributed by atoms with Gasteiger partial charge in [0.2, 0.25) is 5.88 Å². The number of hydrogen-bond acceptors (Lipinski definition) is 4. The first-order valence-electron chi connectivity index (χ1n) is 7.76. The summed E-state index contributed by atoms with van der Waals surface area (Å²) in [4.78, 5) is 22.1. The van der Waals surface area contributed by atoms with E-state index in [9.17, 15) is 18.0 Å². The molecule has 1 aromatic heterocycles.